The Morgan fingerprint density at radius 1 is 1.46 bits per heavy atom. The van der Waals surface area contributed by atoms with Gasteiger partial charge in [0.15, 0.2) is 0 Å². The van der Waals surface area contributed by atoms with Crippen LogP contribution in [0.15, 0.2) is 0 Å². The van der Waals surface area contributed by atoms with Crippen LogP contribution in [-0.4, -0.2) is 38.5 Å². The van der Waals surface area contributed by atoms with Crippen molar-refractivity contribution in [1.29, 1.82) is 0 Å². The van der Waals surface area contributed by atoms with Crippen molar-refractivity contribution in [2.45, 2.75) is 38.8 Å². The Hall–Kier alpha value is -0.120. The summed E-state index contributed by atoms with van der Waals surface area (Å²) in [5.74, 6) is 0. The number of ether oxygens (including phenoxy) is 2. The molecule has 0 amide bonds. The van der Waals surface area contributed by atoms with Gasteiger partial charge in [0.1, 0.15) is 0 Å². The molecule has 0 aromatic rings. The van der Waals surface area contributed by atoms with E-state index in [0.29, 0.717) is 12.1 Å². The van der Waals surface area contributed by atoms with Crippen molar-refractivity contribution in [3.05, 3.63) is 0 Å². The molecule has 1 aliphatic rings. The lowest BCUT2D eigenvalue weighted by molar-refractivity contribution is 0.105. The summed E-state index contributed by atoms with van der Waals surface area (Å²) in [4.78, 5) is 0. The smallest absolute Gasteiger partial charge is 0.0700 e. The Balaban J connectivity index is 1.93. The highest BCUT2D eigenvalue weighted by Crippen LogP contribution is 2.11. The Labute approximate surface area is 80.8 Å². The molecule has 0 aliphatic carbocycles. The summed E-state index contributed by atoms with van der Waals surface area (Å²) in [7, 11) is 0. The molecule has 1 saturated heterocycles. The lowest BCUT2D eigenvalue weighted by Gasteiger charge is -2.15. The van der Waals surface area contributed by atoms with Crippen molar-refractivity contribution in [3.8, 4) is 0 Å². The normalized spacial score (nSPS) is 28.2. The largest absolute Gasteiger partial charge is 0.380 e. The van der Waals surface area contributed by atoms with Gasteiger partial charge in [-0.05, 0) is 19.8 Å². The van der Waals surface area contributed by atoms with Crippen LogP contribution in [-0.2, 0) is 9.47 Å². The number of hydrogen-bond donors (Lipinski definition) is 1. The summed E-state index contributed by atoms with van der Waals surface area (Å²) in [6.45, 7) is 7.78. The van der Waals surface area contributed by atoms with Gasteiger partial charge in [-0.25, -0.2) is 0 Å². The van der Waals surface area contributed by atoms with Crippen LogP contribution in [0.4, 0.5) is 0 Å². The van der Waals surface area contributed by atoms with Crippen molar-refractivity contribution in [2.24, 2.45) is 0 Å². The maximum Gasteiger partial charge on any atom is 0.0700 e. The molecule has 3 nitrogen and oxygen atoms in total. The minimum atomic E-state index is 0.367. The minimum absolute atomic E-state index is 0.367. The van der Waals surface area contributed by atoms with Crippen LogP contribution in [0.1, 0.15) is 26.7 Å². The van der Waals surface area contributed by atoms with Gasteiger partial charge in [0, 0.05) is 25.8 Å². The van der Waals surface area contributed by atoms with Crippen molar-refractivity contribution < 1.29 is 9.47 Å². The fourth-order valence-corrected chi connectivity index (χ4v) is 1.56. The SMILES string of the molecule is CCCOCCNC1CCOC1C. The van der Waals surface area contributed by atoms with Gasteiger partial charge in [-0.2, -0.15) is 0 Å². The van der Waals surface area contributed by atoms with Crippen molar-refractivity contribution in [3.63, 3.8) is 0 Å². The zero-order valence-electron chi connectivity index (χ0n) is 8.71. The first-order chi connectivity index (χ1) is 6.34. The zero-order valence-corrected chi connectivity index (χ0v) is 8.71. The zero-order chi connectivity index (χ0) is 9.52. The Morgan fingerprint density at radius 3 is 2.92 bits per heavy atom. The van der Waals surface area contributed by atoms with Crippen LogP contribution >= 0.6 is 0 Å². The van der Waals surface area contributed by atoms with Gasteiger partial charge in [0.25, 0.3) is 0 Å². The predicted molar refractivity (Wildman–Crippen MR) is 52.9 cm³/mol. The van der Waals surface area contributed by atoms with Crippen LogP contribution in [0.3, 0.4) is 0 Å². The Bertz CT molecular complexity index is 130. The number of rotatable bonds is 6. The molecule has 1 aliphatic heterocycles. The molecule has 1 heterocycles. The standard InChI is InChI=1S/C10H21NO2/c1-3-6-12-8-5-11-10-4-7-13-9(10)2/h9-11H,3-8H2,1-2H3. The Morgan fingerprint density at radius 2 is 2.31 bits per heavy atom. The molecule has 1 N–H and O–H groups in total. The highest BCUT2D eigenvalue weighted by molar-refractivity contribution is 4.78. The van der Waals surface area contributed by atoms with Crippen molar-refractivity contribution >= 4 is 0 Å². The second-order valence-corrected chi connectivity index (χ2v) is 3.54. The quantitative estimate of drug-likeness (QED) is 0.633. The van der Waals surface area contributed by atoms with Gasteiger partial charge in [-0.3, -0.25) is 0 Å². The molecule has 0 aromatic heterocycles. The molecule has 2 atom stereocenters. The molecule has 0 spiro atoms. The molecular weight excluding hydrogens is 166 g/mol. The molecule has 3 heteroatoms. The first-order valence-corrected chi connectivity index (χ1v) is 5.27. The fourth-order valence-electron chi connectivity index (χ4n) is 1.56. The molecule has 0 bridgehead atoms. The summed E-state index contributed by atoms with van der Waals surface area (Å²) in [5.41, 5.74) is 0. The second-order valence-electron chi connectivity index (χ2n) is 3.54. The molecular formula is C10H21NO2. The van der Waals surface area contributed by atoms with Gasteiger partial charge >= 0.3 is 0 Å². The summed E-state index contributed by atoms with van der Waals surface area (Å²) in [5, 5.41) is 3.44. The lowest BCUT2D eigenvalue weighted by atomic mass is 10.1. The minimum Gasteiger partial charge on any atom is -0.380 e. The molecule has 78 valence electrons. The highest BCUT2D eigenvalue weighted by atomic mass is 16.5. The number of nitrogens with one attached hydrogen (secondary N) is 1. The fraction of sp³-hybridized carbons (Fsp3) is 1.00. The van der Waals surface area contributed by atoms with Gasteiger partial charge in [0.05, 0.1) is 12.7 Å². The lowest BCUT2D eigenvalue weighted by Crippen LogP contribution is -2.36. The molecule has 2 unspecified atom stereocenters. The summed E-state index contributed by atoms with van der Waals surface area (Å²) < 4.78 is 10.8. The first-order valence-electron chi connectivity index (χ1n) is 5.27. The van der Waals surface area contributed by atoms with Gasteiger partial charge in [-0.1, -0.05) is 6.92 Å². The molecule has 0 saturated carbocycles. The molecule has 13 heavy (non-hydrogen) atoms. The third-order valence-electron chi connectivity index (χ3n) is 2.38. The van der Waals surface area contributed by atoms with E-state index in [1.165, 1.54) is 0 Å². The van der Waals surface area contributed by atoms with Crippen LogP contribution in [0.5, 0.6) is 0 Å². The molecule has 1 rings (SSSR count). The van der Waals surface area contributed by atoms with E-state index in [4.69, 9.17) is 9.47 Å². The average molecular weight is 187 g/mol. The van der Waals surface area contributed by atoms with Crippen molar-refractivity contribution in [1.82, 2.24) is 5.32 Å². The van der Waals surface area contributed by atoms with Gasteiger partial charge < -0.3 is 14.8 Å². The van der Waals surface area contributed by atoms with E-state index in [0.717, 1.165) is 39.2 Å². The van der Waals surface area contributed by atoms with E-state index in [-0.39, 0.29) is 0 Å². The third kappa shape index (κ3) is 4.07. The first kappa shape index (κ1) is 11.0. The van der Waals surface area contributed by atoms with E-state index < -0.39 is 0 Å². The molecule has 0 aromatic carbocycles. The topological polar surface area (TPSA) is 30.5 Å². The summed E-state index contributed by atoms with van der Waals surface area (Å²) in [6.07, 6.45) is 2.60. The average Bonchev–Trinajstić information content (AvgIpc) is 2.52. The Kier molecular flexibility index (Phi) is 5.35. The maximum atomic E-state index is 5.44. The van der Waals surface area contributed by atoms with Gasteiger partial charge in [-0.15, -0.1) is 0 Å². The number of hydrogen-bond acceptors (Lipinski definition) is 3. The maximum absolute atomic E-state index is 5.44. The monoisotopic (exact) mass is 187 g/mol. The second kappa shape index (κ2) is 6.35. The van der Waals surface area contributed by atoms with E-state index in [1.807, 2.05) is 0 Å². The van der Waals surface area contributed by atoms with E-state index in [9.17, 15) is 0 Å². The van der Waals surface area contributed by atoms with Crippen LogP contribution < -0.4 is 5.32 Å². The van der Waals surface area contributed by atoms with Gasteiger partial charge in [0.2, 0.25) is 0 Å². The predicted octanol–water partition coefficient (Wildman–Crippen LogP) is 1.18. The van der Waals surface area contributed by atoms with E-state index >= 15 is 0 Å². The van der Waals surface area contributed by atoms with E-state index in [2.05, 4.69) is 19.2 Å². The van der Waals surface area contributed by atoms with Crippen LogP contribution in [0.25, 0.3) is 0 Å². The highest BCUT2D eigenvalue weighted by Gasteiger charge is 2.22. The van der Waals surface area contributed by atoms with E-state index in [1.54, 1.807) is 0 Å². The van der Waals surface area contributed by atoms with Crippen LogP contribution in [0, 0.1) is 0 Å². The van der Waals surface area contributed by atoms with Crippen LogP contribution in [0.2, 0.25) is 0 Å². The molecule has 1 fully saturated rings. The summed E-state index contributed by atoms with van der Waals surface area (Å²) in [6, 6.07) is 0.533. The summed E-state index contributed by atoms with van der Waals surface area (Å²) >= 11 is 0. The van der Waals surface area contributed by atoms with Crippen molar-refractivity contribution in [2.75, 3.05) is 26.4 Å². The molecule has 0 radical (unpaired) electrons. The third-order valence-corrected chi connectivity index (χ3v) is 2.38.